The van der Waals surface area contributed by atoms with Gasteiger partial charge >= 0.3 is 0 Å². The molecule has 30 heavy (non-hydrogen) atoms. The van der Waals surface area contributed by atoms with E-state index in [1.54, 1.807) is 16.8 Å². The van der Waals surface area contributed by atoms with Gasteiger partial charge in [-0.1, -0.05) is 0 Å². The highest BCUT2D eigenvalue weighted by Crippen LogP contribution is 2.23. The first kappa shape index (κ1) is 19.2. The Balaban J connectivity index is 1.46. The SMILES string of the molecule is CC1CN(c2nc(NCc3nc4ccc(F)cc4[nH]3)c3ncc(Br)n3n2)CC(C)N1. The van der Waals surface area contributed by atoms with Crippen LogP contribution in [0, 0.1) is 5.82 Å². The third kappa shape index (κ3) is 3.58. The number of hydrogen-bond acceptors (Lipinski definition) is 7. The molecule has 2 atom stereocenters. The van der Waals surface area contributed by atoms with E-state index in [1.807, 2.05) is 0 Å². The van der Waals surface area contributed by atoms with Crippen molar-refractivity contribution in [1.82, 2.24) is 34.9 Å². The highest BCUT2D eigenvalue weighted by atomic mass is 79.9. The first-order valence-electron chi connectivity index (χ1n) is 9.76. The number of fused-ring (bicyclic) bond motifs is 2. The molecule has 1 aliphatic heterocycles. The lowest BCUT2D eigenvalue weighted by Gasteiger charge is -2.36. The Hall–Kier alpha value is -2.79. The Labute approximate surface area is 180 Å². The lowest BCUT2D eigenvalue weighted by Crippen LogP contribution is -2.54. The molecule has 1 aliphatic rings. The summed E-state index contributed by atoms with van der Waals surface area (Å²) < 4.78 is 15.9. The van der Waals surface area contributed by atoms with Crippen LogP contribution in [-0.2, 0) is 6.54 Å². The number of nitrogens with one attached hydrogen (secondary N) is 3. The standard InChI is InChI=1S/C19H21BrFN9/c1-10-8-29(9-11(2)24-10)19-27-17(18-23-6-15(20)30(18)28-19)22-7-16-25-13-4-3-12(21)5-14(13)26-16/h3-6,10-11,24H,7-9H2,1-2H3,(H,25,26)(H,22,27,28). The van der Waals surface area contributed by atoms with Gasteiger partial charge in [-0.05, 0) is 48.0 Å². The third-order valence-electron chi connectivity index (χ3n) is 5.07. The summed E-state index contributed by atoms with van der Waals surface area (Å²) in [5, 5.41) is 11.5. The Kier molecular flexibility index (Phi) is 4.78. The molecule has 3 N–H and O–H groups in total. The fourth-order valence-corrected chi connectivity index (χ4v) is 4.22. The zero-order chi connectivity index (χ0) is 20.8. The van der Waals surface area contributed by atoms with Crippen LogP contribution in [0.3, 0.4) is 0 Å². The molecule has 0 amide bonds. The Morgan fingerprint density at radius 2 is 2.03 bits per heavy atom. The summed E-state index contributed by atoms with van der Waals surface area (Å²) in [6, 6.07) is 5.17. The average Bonchev–Trinajstić information content (AvgIpc) is 3.28. The Morgan fingerprint density at radius 3 is 2.83 bits per heavy atom. The van der Waals surface area contributed by atoms with Crippen molar-refractivity contribution in [3.05, 3.63) is 40.6 Å². The van der Waals surface area contributed by atoms with Gasteiger partial charge in [-0.25, -0.2) is 14.4 Å². The summed E-state index contributed by atoms with van der Waals surface area (Å²) >= 11 is 3.51. The highest BCUT2D eigenvalue weighted by Gasteiger charge is 2.24. The van der Waals surface area contributed by atoms with Gasteiger partial charge in [-0.15, -0.1) is 5.10 Å². The molecule has 1 fully saturated rings. The van der Waals surface area contributed by atoms with E-state index in [4.69, 9.17) is 4.98 Å². The Bertz CT molecular complexity index is 1210. The summed E-state index contributed by atoms with van der Waals surface area (Å²) in [6.45, 7) is 6.32. The number of benzene rings is 1. The van der Waals surface area contributed by atoms with Gasteiger partial charge in [0, 0.05) is 25.2 Å². The van der Waals surface area contributed by atoms with Crippen molar-refractivity contribution in [3.63, 3.8) is 0 Å². The molecule has 0 aliphatic carbocycles. The summed E-state index contributed by atoms with van der Waals surface area (Å²) in [7, 11) is 0. The van der Waals surface area contributed by atoms with E-state index in [1.165, 1.54) is 12.1 Å². The van der Waals surface area contributed by atoms with Gasteiger partial charge in [0.25, 0.3) is 0 Å². The monoisotopic (exact) mass is 473 g/mol. The van der Waals surface area contributed by atoms with Gasteiger partial charge in [0.2, 0.25) is 5.95 Å². The molecule has 1 saturated heterocycles. The van der Waals surface area contributed by atoms with Crippen molar-refractivity contribution in [3.8, 4) is 0 Å². The minimum absolute atomic E-state index is 0.297. The largest absolute Gasteiger partial charge is 0.360 e. The van der Waals surface area contributed by atoms with Crippen LogP contribution in [0.15, 0.2) is 29.0 Å². The summed E-state index contributed by atoms with van der Waals surface area (Å²) in [5.74, 6) is 1.63. The molecule has 0 spiro atoms. The molecule has 5 rings (SSSR count). The van der Waals surface area contributed by atoms with Crippen LogP contribution in [-0.4, -0.2) is 54.7 Å². The number of aromatic amines is 1. The third-order valence-corrected chi connectivity index (χ3v) is 5.61. The van der Waals surface area contributed by atoms with Crippen molar-refractivity contribution < 1.29 is 4.39 Å². The molecule has 156 valence electrons. The van der Waals surface area contributed by atoms with E-state index < -0.39 is 0 Å². The predicted octanol–water partition coefficient (Wildman–Crippen LogP) is 2.70. The second kappa shape index (κ2) is 7.47. The molecule has 3 aromatic heterocycles. The molecular weight excluding hydrogens is 453 g/mol. The van der Waals surface area contributed by atoms with Crippen LogP contribution in [0.4, 0.5) is 16.2 Å². The minimum Gasteiger partial charge on any atom is -0.360 e. The lowest BCUT2D eigenvalue weighted by atomic mass is 10.1. The first-order valence-corrected chi connectivity index (χ1v) is 10.6. The van der Waals surface area contributed by atoms with Gasteiger partial charge in [0.1, 0.15) is 16.2 Å². The van der Waals surface area contributed by atoms with E-state index in [-0.39, 0.29) is 5.82 Å². The van der Waals surface area contributed by atoms with E-state index in [9.17, 15) is 4.39 Å². The van der Waals surface area contributed by atoms with Crippen molar-refractivity contribution in [2.24, 2.45) is 0 Å². The van der Waals surface area contributed by atoms with E-state index in [0.717, 1.165) is 17.7 Å². The van der Waals surface area contributed by atoms with E-state index in [0.29, 0.717) is 52.9 Å². The van der Waals surface area contributed by atoms with Crippen LogP contribution in [0.25, 0.3) is 16.7 Å². The van der Waals surface area contributed by atoms with Gasteiger partial charge in [0.05, 0.1) is 23.8 Å². The van der Waals surface area contributed by atoms with Crippen LogP contribution < -0.4 is 15.5 Å². The first-order chi connectivity index (χ1) is 14.5. The maximum Gasteiger partial charge on any atom is 0.245 e. The van der Waals surface area contributed by atoms with Crippen LogP contribution in [0.5, 0.6) is 0 Å². The molecule has 0 bridgehead atoms. The summed E-state index contributed by atoms with van der Waals surface area (Å²) in [4.78, 5) is 19.0. The topological polar surface area (TPSA) is 99.1 Å². The lowest BCUT2D eigenvalue weighted by molar-refractivity contribution is 0.402. The Morgan fingerprint density at radius 1 is 1.23 bits per heavy atom. The molecule has 1 aromatic carbocycles. The number of aromatic nitrogens is 6. The molecule has 4 heterocycles. The fourth-order valence-electron chi connectivity index (χ4n) is 3.87. The summed E-state index contributed by atoms with van der Waals surface area (Å²) in [6.07, 6.45) is 1.70. The molecule has 0 radical (unpaired) electrons. The molecule has 9 nitrogen and oxygen atoms in total. The average molecular weight is 474 g/mol. The van der Waals surface area contributed by atoms with Crippen molar-refractivity contribution in [2.45, 2.75) is 32.5 Å². The molecular formula is C19H21BrFN9. The minimum atomic E-state index is -0.297. The molecule has 2 unspecified atom stereocenters. The number of H-pyrrole nitrogens is 1. The fraction of sp³-hybridized carbons (Fsp3) is 0.368. The summed E-state index contributed by atoms with van der Waals surface area (Å²) in [5.41, 5.74) is 1.99. The maximum atomic E-state index is 13.4. The number of anilines is 2. The predicted molar refractivity (Wildman–Crippen MR) is 116 cm³/mol. The smallest absolute Gasteiger partial charge is 0.245 e. The number of imidazole rings is 2. The molecule has 0 saturated carbocycles. The number of nitrogens with zero attached hydrogens (tertiary/aromatic N) is 6. The number of hydrogen-bond donors (Lipinski definition) is 3. The zero-order valence-corrected chi connectivity index (χ0v) is 18.1. The number of rotatable bonds is 4. The highest BCUT2D eigenvalue weighted by molar-refractivity contribution is 9.10. The van der Waals surface area contributed by atoms with E-state index >= 15 is 0 Å². The van der Waals surface area contributed by atoms with Crippen LogP contribution >= 0.6 is 15.9 Å². The zero-order valence-electron chi connectivity index (χ0n) is 16.5. The van der Waals surface area contributed by atoms with Gasteiger partial charge in [-0.3, -0.25) is 0 Å². The molecule has 4 aromatic rings. The van der Waals surface area contributed by atoms with Gasteiger partial charge < -0.3 is 20.5 Å². The number of piperazine rings is 1. The second-order valence-corrected chi connectivity index (χ2v) is 8.46. The van der Waals surface area contributed by atoms with Crippen LogP contribution in [0.1, 0.15) is 19.7 Å². The second-order valence-electron chi connectivity index (χ2n) is 7.65. The van der Waals surface area contributed by atoms with Crippen molar-refractivity contribution in [2.75, 3.05) is 23.3 Å². The van der Waals surface area contributed by atoms with Gasteiger partial charge in [0.15, 0.2) is 11.5 Å². The quantitative estimate of drug-likeness (QED) is 0.418. The maximum absolute atomic E-state index is 13.4. The van der Waals surface area contributed by atoms with Gasteiger partial charge in [-0.2, -0.15) is 9.50 Å². The number of halogens is 2. The van der Waals surface area contributed by atoms with Crippen molar-refractivity contribution >= 4 is 44.4 Å². The normalized spacial score (nSPS) is 19.7. The van der Waals surface area contributed by atoms with E-state index in [2.05, 4.69) is 65.4 Å². The van der Waals surface area contributed by atoms with Crippen LogP contribution in [0.2, 0.25) is 0 Å². The van der Waals surface area contributed by atoms with Crippen molar-refractivity contribution in [1.29, 1.82) is 0 Å². The molecule has 11 heteroatoms.